The molecule has 1 aliphatic carbocycles. The molecule has 1 aromatic rings. The van der Waals surface area contributed by atoms with Gasteiger partial charge in [-0.2, -0.15) is 0 Å². The summed E-state index contributed by atoms with van der Waals surface area (Å²) in [5.41, 5.74) is 1.09. The molecule has 0 bridgehead atoms. The standard InChI is InChI=1S/C21H32N4O/c1-3-13-26-20-8-6-5-7-18(20)15-24-21(22-4-2)23-14-17-11-12-25(16-17)19-9-10-19/h3,5-8,17,19H,1,4,9-16H2,2H3,(H2,22,23,24). The van der Waals surface area contributed by atoms with Gasteiger partial charge in [0.2, 0.25) is 0 Å². The first kappa shape index (κ1) is 18.8. The van der Waals surface area contributed by atoms with Gasteiger partial charge in [0.25, 0.3) is 0 Å². The highest BCUT2D eigenvalue weighted by Gasteiger charge is 2.34. The van der Waals surface area contributed by atoms with Crippen LogP contribution >= 0.6 is 0 Å². The number of rotatable bonds is 9. The number of benzene rings is 1. The van der Waals surface area contributed by atoms with Crippen molar-refractivity contribution >= 4 is 5.96 Å². The minimum atomic E-state index is 0.512. The maximum Gasteiger partial charge on any atom is 0.191 e. The Balaban J connectivity index is 1.52. The van der Waals surface area contributed by atoms with Gasteiger partial charge < -0.3 is 20.3 Å². The molecule has 2 aliphatic rings. The predicted octanol–water partition coefficient (Wildman–Crippen LogP) is 2.79. The summed E-state index contributed by atoms with van der Waals surface area (Å²) in [6.45, 7) is 11.3. The zero-order chi connectivity index (χ0) is 18.2. The van der Waals surface area contributed by atoms with Crippen molar-refractivity contribution in [2.45, 2.75) is 38.8 Å². The van der Waals surface area contributed by atoms with Crippen LogP contribution in [0.5, 0.6) is 5.75 Å². The van der Waals surface area contributed by atoms with Gasteiger partial charge in [-0.3, -0.25) is 0 Å². The van der Waals surface area contributed by atoms with Crippen molar-refractivity contribution in [1.82, 2.24) is 15.5 Å². The molecule has 142 valence electrons. The van der Waals surface area contributed by atoms with Crippen LogP contribution in [0.25, 0.3) is 0 Å². The fraction of sp³-hybridized carbons (Fsp3) is 0.571. The zero-order valence-electron chi connectivity index (χ0n) is 15.9. The number of nitrogens with one attached hydrogen (secondary N) is 2. The second-order valence-corrected chi connectivity index (χ2v) is 7.16. The lowest BCUT2D eigenvalue weighted by atomic mass is 10.1. The van der Waals surface area contributed by atoms with Crippen LogP contribution in [0, 0.1) is 5.92 Å². The summed E-state index contributed by atoms with van der Waals surface area (Å²) < 4.78 is 5.73. The summed E-state index contributed by atoms with van der Waals surface area (Å²) in [4.78, 5) is 7.41. The number of likely N-dealkylation sites (tertiary alicyclic amines) is 1. The molecule has 2 N–H and O–H groups in total. The summed E-state index contributed by atoms with van der Waals surface area (Å²) in [7, 11) is 0. The van der Waals surface area contributed by atoms with Gasteiger partial charge >= 0.3 is 0 Å². The fourth-order valence-corrected chi connectivity index (χ4v) is 3.47. The van der Waals surface area contributed by atoms with E-state index in [2.05, 4.69) is 35.1 Å². The van der Waals surface area contributed by atoms with E-state index in [0.29, 0.717) is 13.2 Å². The molecule has 1 saturated heterocycles. The third-order valence-electron chi connectivity index (χ3n) is 5.02. The minimum Gasteiger partial charge on any atom is -0.489 e. The SMILES string of the molecule is C=CCOc1ccccc1CN=C(NCC)NCC1CCN(C2CC2)C1. The third-order valence-corrected chi connectivity index (χ3v) is 5.02. The number of nitrogens with zero attached hydrogens (tertiary/aromatic N) is 2. The molecule has 1 unspecified atom stereocenters. The lowest BCUT2D eigenvalue weighted by Crippen LogP contribution is -2.40. The van der Waals surface area contributed by atoms with Crippen molar-refractivity contribution < 1.29 is 4.74 Å². The first-order valence-electron chi connectivity index (χ1n) is 9.88. The van der Waals surface area contributed by atoms with Crippen molar-refractivity contribution in [3.63, 3.8) is 0 Å². The Bertz CT molecular complexity index is 612. The molecule has 3 rings (SSSR count). The second-order valence-electron chi connectivity index (χ2n) is 7.16. The largest absolute Gasteiger partial charge is 0.489 e. The number of ether oxygens (including phenoxy) is 1. The second kappa shape index (κ2) is 9.62. The molecule has 1 saturated carbocycles. The molecular formula is C21H32N4O. The Morgan fingerprint density at radius 2 is 2.15 bits per heavy atom. The average Bonchev–Trinajstić information content (AvgIpc) is 3.41. The Kier molecular flexibility index (Phi) is 6.95. The van der Waals surface area contributed by atoms with E-state index < -0.39 is 0 Å². The van der Waals surface area contributed by atoms with Crippen molar-refractivity contribution in [2.75, 3.05) is 32.8 Å². The molecule has 0 radical (unpaired) electrons. The van der Waals surface area contributed by atoms with Crippen LogP contribution in [0.15, 0.2) is 41.9 Å². The van der Waals surface area contributed by atoms with Crippen LogP contribution in [0.1, 0.15) is 31.7 Å². The van der Waals surface area contributed by atoms with Gasteiger partial charge in [0.05, 0.1) is 6.54 Å². The molecule has 1 atom stereocenters. The Morgan fingerprint density at radius 1 is 1.31 bits per heavy atom. The molecular weight excluding hydrogens is 324 g/mol. The molecule has 1 heterocycles. The Labute approximate surface area is 157 Å². The normalized spacial score (nSPS) is 20.8. The van der Waals surface area contributed by atoms with Crippen molar-refractivity contribution in [3.05, 3.63) is 42.5 Å². The van der Waals surface area contributed by atoms with Crippen LogP contribution in [0.3, 0.4) is 0 Å². The summed E-state index contributed by atoms with van der Waals surface area (Å²) >= 11 is 0. The summed E-state index contributed by atoms with van der Waals surface area (Å²) in [5, 5.41) is 6.88. The van der Waals surface area contributed by atoms with Gasteiger partial charge in [0.15, 0.2) is 5.96 Å². The maximum absolute atomic E-state index is 5.73. The van der Waals surface area contributed by atoms with Gasteiger partial charge in [-0.05, 0) is 44.7 Å². The van der Waals surface area contributed by atoms with Gasteiger partial charge in [-0.25, -0.2) is 4.99 Å². The van der Waals surface area contributed by atoms with Crippen molar-refractivity contribution in [1.29, 1.82) is 0 Å². The summed E-state index contributed by atoms with van der Waals surface area (Å²) in [5.74, 6) is 2.49. The van der Waals surface area contributed by atoms with Gasteiger partial charge in [0, 0.05) is 31.2 Å². The van der Waals surface area contributed by atoms with Crippen molar-refractivity contribution in [2.24, 2.45) is 10.9 Å². The van der Waals surface area contributed by atoms with E-state index in [4.69, 9.17) is 9.73 Å². The lowest BCUT2D eigenvalue weighted by molar-refractivity contribution is 0.314. The summed E-state index contributed by atoms with van der Waals surface area (Å²) in [6, 6.07) is 8.95. The quantitative estimate of drug-likeness (QED) is 0.406. The Morgan fingerprint density at radius 3 is 2.92 bits per heavy atom. The molecule has 26 heavy (non-hydrogen) atoms. The maximum atomic E-state index is 5.73. The zero-order valence-corrected chi connectivity index (χ0v) is 15.9. The van der Waals surface area contributed by atoms with E-state index in [1.54, 1.807) is 6.08 Å². The van der Waals surface area contributed by atoms with Gasteiger partial charge in [-0.1, -0.05) is 30.9 Å². The molecule has 1 aromatic carbocycles. The minimum absolute atomic E-state index is 0.512. The first-order valence-corrected chi connectivity index (χ1v) is 9.88. The molecule has 1 aliphatic heterocycles. The van der Waals surface area contributed by atoms with Crippen LogP contribution < -0.4 is 15.4 Å². The molecule has 5 heteroatoms. The number of hydrogen-bond acceptors (Lipinski definition) is 3. The fourth-order valence-electron chi connectivity index (χ4n) is 3.47. The summed E-state index contributed by atoms with van der Waals surface area (Å²) in [6.07, 6.45) is 5.86. The molecule has 0 aromatic heterocycles. The molecule has 5 nitrogen and oxygen atoms in total. The van der Waals surface area contributed by atoms with Gasteiger partial charge in [-0.15, -0.1) is 0 Å². The lowest BCUT2D eigenvalue weighted by Gasteiger charge is -2.17. The number of para-hydroxylation sites is 1. The Hall–Kier alpha value is -2.01. The average molecular weight is 357 g/mol. The first-order chi connectivity index (χ1) is 12.8. The van der Waals surface area contributed by atoms with Crippen LogP contribution in [-0.2, 0) is 6.54 Å². The van der Waals surface area contributed by atoms with E-state index in [1.807, 2.05) is 18.2 Å². The van der Waals surface area contributed by atoms with E-state index in [-0.39, 0.29) is 0 Å². The molecule has 2 fully saturated rings. The predicted molar refractivity (Wildman–Crippen MR) is 108 cm³/mol. The third kappa shape index (κ3) is 5.49. The molecule has 0 spiro atoms. The van der Waals surface area contributed by atoms with Gasteiger partial charge in [0.1, 0.15) is 12.4 Å². The smallest absolute Gasteiger partial charge is 0.191 e. The highest BCUT2D eigenvalue weighted by Crippen LogP contribution is 2.31. The monoisotopic (exact) mass is 356 g/mol. The highest BCUT2D eigenvalue weighted by molar-refractivity contribution is 5.79. The van der Waals surface area contributed by atoms with Crippen molar-refractivity contribution in [3.8, 4) is 5.75 Å². The highest BCUT2D eigenvalue weighted by atomic mass is 16.5. The van der Waals surface area contributed by atoms with Crippen LogP contribution in [-0.4, -0.2) is 49.7 Å². The number of guanidine groups is 1. The number of hydrogen-bond donors (Lipinski definition) is 2. The van der Waals surface area contributed by atoms with E-state index in [1.165, 1.54) is 32.4 Å². The molecule has 0 amide bonds. The van der Waals surface area contributed by atoms with E-state index in [9.17, 15) is 0 Å². The van der Waals surface area contributed by atoms with E-state index in [0.717, 1.165) is 42.3 Å². The topological polar surface area (TPSA) is 48.9 Å². The van der Waals surface area contributed by atoms with Crippen LogP contribution in [0.2, 0.25) is 0 Å². The van der Waals surface area contributed by atoms with E-state index >= 15 is 0 Å². The van der Waals surface area contributed by atoms with Crippen LogP contribution in [0.4, 0.5) is 0 Å². The number of aliphatic imine (C=N–C) groups is 1.